The Hall–Kier alpha value is -0.790. The van der Waals surface area contributed by atoms with Crippen molar-refractivity contribution in [2.24, 2.45) is 4.99 Å². The largest absolute Gasteiger partial charge is 0.449 e. The quantitative estimate of drug-likeness (QED) is 0.328. The fourth-order valence-electron chi connectivity index (χ4n) is 0.642. The van der Waals surface area contributed by atoms with E-state index < -0.39 is 0 Å². The van der Waals surface area contributed by atoms with Crippen LogP contribution < -0.4 is 0 Å². The van der Waals surface area contributed by atoms with Gasteiger partial charge in [0.25, 0.3) is 0 Å². The molecule has 0 rings (SSSR count). The van der Waals surface area contributed by atoms with E-state index in [2.05, 4.69) is 11.6 Å². The van der Waals surface area contributed by atoms with Gasteiger partial charge in [0.1, 0.15) is 0 Å². The van der Waals surface area contributed by atoms with Crippen LogP contribution in [0.1, 0.15) is 27.7 Å². The summed E-state index contributed by atoms with van der Waals surface area (Å²) in [5.74, 6) is 1.37. The third-order valence-corrected chi connectivity index (χ3v) is 0.762. The molecule has 0 unspecified atom stereocenters. The molecule has 0 spiro atoms. The zero-order valence-electron chi connectivity index (χ0n) is 7.14. The van der Waals surface area contributed by atoms with E-state index in [1.54, 1.807) is 6.92 Å². The Balaban J connectivity index is 3.82. The van der Waals surface area contributed by atoms with Gasteiger partial charge in [0.15, 0.2) is 5.90 Å². The Morgan fingerprint density at radius 2 is 1.90 bits per heavy atom. The summed E-state index contributed by atoms with van der Waals surface area (Å²) in [7, 11) is 0. The van der Waals surface area contributed by atoms with Crippen LogP contribution >= 0.6 is 0 Å². The van der Waals surface area contributed by atoms with E-state index in [9.17, 15) is 0 Å². The van der Waals surface area contributed by atoms with E-state index >= 15 is 0 Å². The molecule has 0 aliphatic rings. The summed E-state index contributed by atoms with van der Waals surface area (Å²) in [6.07, 6.45) is 0. The molecule has 0 fully saturated rings. The fourth-order valence-corrected chi connectivity index (χ4v) is 0.642. The first-order chi connectivity index (χ1) is 4.52. The molecule has 0 aliphatic heterocycles. The van der Waals surface area contributed by atoms with Gasteiger partial charge in [0.2, 0.25) is 0 Å². The highest BCUT2D eigenvalue weighted by atomic mass is 16.5. The average Bonchev–Trinajstić information content (AvgIpc) is 1.58. The van der Waals surface area contributed by atoms with E-state index in [0.717, 1.165) is 0 Å². The molecule has 0 aromatic carbocycles. The third-order valence-electron chi connectivity index (χ3n) is 0.762. The van der Waals surface area contributed by atoms with Gasteiger partial charge in [-0.05, 0) is 20.8 Å². The number of ether oxygens (including phenoxy) is 1. The number of hydrogen-bond donors (Lipinski definition) is 0. The third kappa shape index (κ3) is 5.35. The highest BCUT2D eigenvalue weighted by Gasteiger charge is 1.92. The molecular weight excluding hydrogens is 126 g/mol. The molecule has 0 heterocycles. The summed E-state index contributed by atoms with van der Waals surface area (Å²) in [5.41, 5.74) is 0. The molecule has 0 aromatic heterocycles. The molecule has 10 heavy (non-hydrogen) atoms. The second-order valence-corrected chi connectivity index (χ2v) is 2.55. The predicted molar refractivity (Wildman–Crippen MR) is 44.1 cm³/mol. The summed E-state index contributed by atoms with van der Waals surface area (Å²) in [5, 5.41) is 0. The van der Waals surface area contributed by atoms with Crippen LogP contribution in [0.15, 0.2) is 17.3 Å². The minimum absolute atomic E-state index is 0.291. The molecule has 58 valence electrons. The SMILES string of the molecule is C=C(C)OC(C)=NC(C)C. The van der Waals surface area contributed by atoms with Crippen molar-refractivity contribution in [3.8, 4) is 0 Å². The van der Waals surface area contributed by atoms with Crippen molar-refractivity contribution in [3.63, 3.8) is 0 Å². The molecule has 0 saturated carbocycles. The number of nitrogens with zero attached hydrogens (tertiary/aromatic N) is 1. The van der Waals surface area contributed by atoms with Crippen LogP contribution in [0.2, 0.25) is 0 Å². The number of aliphatic imine (C=N–C) groups is 1. The molecular formula is C8H15NO. The Morgan fingerprint density at radius 1 is 1.40 bits per heavy atom. The summed E-state index contributed by atoms with van der Waals surface area (Å²) < 4.78 is 5.12. The van der Waals surface area contributed by atoms with Crippen LogP contribution in [0.5, 0.6) is 0 Å². The molecule has 0 bridgehead atoms. The summed E-state index contributed by atoms with van der Waals surface area (Å²) >= 11 is 0. The van der Waals surface area contributed by atoms with Gasteiger partial charge in [0, 0.05) is 13.0 Å². The van der Waals surface area contributed by atoms with E-state index in [1.165, 1.54) is 0 Å². The molecule has 0 aliphatic carbocycles. The Labute approximate surface area is 62.6 Å². The topological polar surface area (TPSA) is 21.6 Å². The predicted octanol–water partition coefficient (Wildman–Crippen LogP) is 2.36. The zero-order valence-corrected chi connectivity index (χ0v) is 7.14. The Morgan fingerprint density at radius 3 is 2.20 bits per heavy atom. The molecule has 0 aromatic rings. The zero-order chi connectivity index (χ0) is 8.15. The van der Waals surface area contributed by atoms with Crippen LogP contribution in [0.25, 0.3) is 0 Å². The van der Waals surface area contributed by atoms with Crippen LogP contribution in [0.3, 0.4) is 0 Å². The normalized spacial score (nSPS) is 11.9. The molecule has 0 radical (unpaired) electrons. The standard InChI is InChI=1S/C8H15NO/c1-6(2)9-8(5)10-7(3)4/h6H,3H2,1-2,4-5H3. The minimum Gasteiger partial charge on any atom is -0.449 e. The van der Waals surface area contributed by atoms with Gasteiger partial charge >= 0.3 is 0 Å². The van der Waals surface area contributed by atoms with Crippen LogP contribution in [0.4, 0.5) is 0 Å². The van der Waals surface area contributed by atoms with Crippen LogP contribution in [-0.4, -0.2) is 11.9 Å². The van der Waals surface area contributed by atoms with Crippen LogP contribution in [0, 0.1) is 0 Å². The van der Waals surface area contributed by atoms with E-state index in [0.29, 0.717) is 17.7 Å². The Bertz CT molecular complexity index is 147. The highest BCUT2D eigenvalue weighted by molar-refractivity contribution is 5.74. The van der Waals surface area contributed by atoms with Gasteiger partial charge in [-0.25, -0.2) is 0 Å². The van der Waals surface area contributed by atoms with Crippen molar-refractivity contribution in [2.75, 3.05) is 0 Å². The summed E-state index contributed by atoms with van der Waals surface area (Å²) in [6.45, 7) is 11.2. The van der Waals surface area contributed by atoms with Gasteiger partial charge in [-0.3, -0.25) is 4.99 Å². The van der Waals surface area contributed by atoms with Gasteiger partial charge in [0.05, 0.1) is 5.76 Å². The highest BCUT2D eigenvalue weighted by Crippen LogP contribution is 1.95. The lowest BCUT2D eigenvalue weighted by Gasteiger charge is -2.04. The molecule has 0 amide bonds. The van der Waals surface area contributed by atoms with E-state index in [-0.39, 0.29) is 0 Å². The average molecular weight is 141 g/mol. The molecule has 2 heteroatoms. The number of rotatable bonds is 2. The molecule has 2 nitrogen and oxygen atoms in total. The van der Waals surface area contributed by atoms with Gasteiger partial charge in [-0.15, -0.1) is 0 Å². The first-order valence-corrected chi connectivity index (χ1v) is 3.40. The van der Waals surface area contributed by atoms with Crippen LogP contribution in [-0.2, 0) is 4.74 Å². The first-order valence-electron chi connectivity index (χ1n) is 3.40. The second-order valence-electron chi connectivity index (χ2n) is 2.55. The van der Waals surface area contributed by atoms with Crippen molar-refractivity contribution in [3.05, 3.63) is 12.3 Å². The van der Waals surface area contributed by atoms with Crippen molar-refractivity contribution in [1.82, 2.24) is 0 Å². The lowest BCUT2D eigenvalue weighted by Crippen LogP contribution is -2.01. The molecule has 0 N–H and O–H groups in total. The van der Waals surface area contributed by atoms with Gasteiger partial charge in [-0.2, -0.15) is 0 Å². The maximum atomic E-state index is 5.12. The minimum atomic E-state index is 0.291. The number of allylic oxidation sites excluding steroid dienone is 1. The van der Waals surface area contributed by atoms with E-state index in [4.69, 9.17) is 4.74 Å². The molecule has 0 saturated heterocycles. The van der Waals surface area contributed by atoms with Crippen molar-refractivity contribution >= 4 is 5.90 Å². The summed E-state index contributed by atoms with van der Waals surface area (Å²) in [4.78, 5) is 4.15. The maximum Gasteiger partial charge on any atom is 0.186 e. The Kier molecular flexibility index (Phi) is 3.77. The summed E-state index contributed by atoms with van der Waals surface area (Å²) in [6, 6.07) is 0.291. The smallest absolute Gasteiger partial charge is 0.186 e. The van der Waals surface area contributed by atoms with E-state index in [1.807, 2.05) is 20.8 Å². The van der Waals surface area contributed by atoms with Crippen molar-refractivity contribution in [1.29, 1.82) is 0 Å². The second kappa shape index (κ2) is 4.09. The monoisotopic (exact) mass is 141 g/mol. The van der Waals surface area contributed by atoms with Gasteiger partial charge < -0.3 is 4.74 Å². The number of hydrogen-bond acceptors (Lipinski definition) is 2. The molecule has 0 atom stereocenters. The fraction of sp³-hybridized carbons (Fsp3) is 0.625. The van der Waals surface area contributed by atoms with Crippen molar-refractivity contribution in [2.45, 2.75) is 33.7 Å². The first kappa shape index (κ1) is 9.21. The lowest BCUT2D eigenvalue weighted by atomic mass is 10.4. The lowest BCUT2D eigenvalue weighted by molar-refractivity contribution is 0.412. The maximum absolute atomic E-state index is 5.12. The van der Waals surface area contributed by atoms with Crippen molar-refractivity contribution < 1.29 is 4.74 Å². The van der Waals surface area contributed by atoms with Gasteiger partial charge in [-0.1, -0.05) is 6.58 Å².